The number of carbonyl (C=O) groups excluding carboxylic acids is 2. The van der Waals surface area contributed by atoms with Gasteiger partial charge in [-0.25, -0.2) is 4.79 Å². The second-order valence-corrected chi connectivity index (χ2v) is 4.33. The summed E-state index contributed by atoms with van der Waals surface area (Å²) in [5.41, 5.74) is -0.581. The summed E-state index contributed by atoms with van der Waals surface area (Å²) in [5, 5.41) is 11.2. The number of imide groups is 1. The van der Waals surface area contributed by atoms with Crippen molar-refractivity contribution in [3.63, 3.8) is 0 Å². The topological polar surface area (TPSA) is 112 Å². The fourth-order valence-corrected chi connectivity index (χ4v) is 2.03. The number of nitrogens with zero attached hydrogens (tertiary/aromatic N) is 3. The number of carboxylic acids is 1. The first-order chi connectivity index (χ1) is 8.86. The summed E-state index contributed by atoms with van der Waals surface area (Å²) >= 11 is 0. The summed E-state index contributed by atoms with van der Waals surface area (Å²) in [5.74, 6) is -1.91. The zero-order valence-electron chi connectivity index (χ0n) is 10.4. The molecule has 2 rings (SSSR count). The highest BCUT2D eigenvalue weighted by Gasteiger charge is 2.51. The van der Waals surface area contributed by atoms with Crippen molar-refractivity contribution in [2.45, 2.75) is 19.4 Å². The quantitative estimate of drug-likeness (QED) is 0.721. The molecule has 0 bridgehead atoms. The summed E-state index contributed by atoms with van der Waals surface area (Å²) in [6, 6.07) is -0.750. The number of urea groups is 1. The highest BCUT2D eigenvalue weighted by atomic mass is 16.4. The van der Waals surface area contributed by atoms with E-state index < -0.39 is 30.0 Å². The highest BCUT2D eigenvalue weighted by Crippen LogP contribution is 2.28. The van der Waals surface area contributed by atoms with E-state index in [0.717, 1.165) is 0 Å². The number of carboxylic acid groups (broad SMARTS) is 1. The van der Waals surface area contributed by atoms with E-state index >= 15 is 0 Å². The summed E-state index contributed by atoms with van der Waals surface area (Å²) in [6.45, 7) is 2.46. The van der Waals surface area contributed by atoms with Gasteiger partial charge in [0.2, 0.25) is 0 Å². The van der Waals surface area contributed by atoms with Gasteiger partial charge in [0.15, 0.2) is 5.54 Å². The Labute approximate surface area is 108 Å². The van der Waals surface area contributed by atoms with Crippen LogP contribution in [0.2, 0.25) is 0 Å². The van der Waals surface area contributed by atoms with E-state index in [1.165, 1.54) is 19.3 Å². The van der Waals surface area contributed by atoms with Gasteiger partial charge in [-0.2, -0.15) is 0 Å². The molecule has 19 heavy (non-hydrogen) atoms. The van der Waals surface area contributed by atoms with Gasteiger partial charge < -0.3 is 10.4 Å². The van der Waals surface area contributed by atoms with Crippen LogP contribution in [0.1, 0.15) is 18.3 Å². The second-order valence-electron chi connectivity index (χ2n) is 4.33. The standard InChI is InChI=1S/C11H12N4O4/c1-6-8(13-4-3-12-6)11(2)9(18)15(5-7(16)17)10(19)14-11/h3-4H,5H2,1-2H3,(H,14,19)(H,16,17). The SMILES string of the molecule is Cc1nccnc1C1(C)NC(=O)N(CC(=O)O)C1=O. The van der Waals surface area contributed by atoms with Crippen LogP contribution in [0, 0.1) is 6.92 Å². The van der Waals surface area contributed by atoms with Crippen LogP contribution in [0.4, 0.5) is 4.79 Å². The highest BCUT2D eigenvalue weighted by molar-refractivity contribution is 6.08. The van der Waals surface area contributed by atoms with E-state index in [4.69, 9.17) is 5.11 Å². The molecule has 1 atom stereocenters. The van der Waals surface area contributed by atoms with Crippen molar-refractivity contribution >= 4 is 17.9 Å². The Hall–Kier alpha value is -2.51. The Kier molecular flexibility index (Phi) is 2.93. The predicted molar refractivity (Wildman–Crippen MR) is 62.0 cm³/mol. The van der Waals surface area contributed by atoms with Crippen molar-refractivity contribution in [3.8, 4) is 0 Å². The first-order valence-electron chi connectivity index (χ1n) is 5.50. The number of carbonyl (C=O) groups is 3. The van der Waals surface area contributed by atoms with Crippen LogP contribution < -0.4 is 5.32 Å². The van der Waals surface area contributed by atoms with Crippen LogP contribution in [0.15, 0.2) is 12.4 Å². The van der Waals surface area contributed by atoms with Gasteiger partial charge in [-0.05, 0) is 13.8 Å². The molecule has 8 nitrogen and oxygen atoms in total. The third-order valence-corrected chi connectivity index (χ3v) is 2.92. The maximum Gasteiger partial charge on any atom is 0.325 e. The lowest BCUT2D eigenvalue weighted by Crippen LogP contribution is -2.43. The van der Waals surface area contributed by atoms with E-state index in [1.807, 2.05) is 0 Å². The monoisotopic (exact) mass is 264 g/mol. The Morgan fingerprint density at radius 3 is 2.63 bits per heavy atom. The number of nitrogens with one attached hydrogen (secondary N) is 1. The van der Waals surface area contributed by atoms with Crippen molar-refractivity contribution in [2.24, 2.45) is 0 Å². The van der Waals surface area contributed by atoms with E-state index in [-0.39, 0.29) is 0 Å². The predicted octanol–water partition coefficient (Wildman–Crippen LogP) is -0.363. The van der Waals surface area contributed by atoms with E-state index in [1.54, 1.807) is 6.92 Å². The summed E-state index contributed by atoms with van der Waals surface area (Å²) in [7, 11) is 0. The van der Waals surface area contributed by atoms with Crippen molar-refractivity contribution in [3.05, 3.63) is 23.8 Å². The molecule has 0 aliphatic carbocycles. The lowest BCUT2D eigenvalue weighted by molar-refractivity contribution is -0.142. The minimum absolute atomic E-state index is 0.307. The third kappa shape index (κ3) is 2.01. The second kappa shape index (κ2) is 4.30. The van der Waals surface area contributed by atoms with Crippen molar-refractivity contribution in [1.29, 1.82) is 0 Å². The van der Waals surface area contributed by atoms with Gasteiger partial charge in [0.25, 0.3) is 5.91 Å². The smallest absolute Gasteiger partial charge is 0.325 e. The van der Waals surface area contributed by atoms with Crippen LogP contribution in [0.3, 0.4) is 0 Å². The van der Waals surface area contributed by atoms with Crippen molar-refractivity contribution < 1.29 is 19.5 Å². The average Bonchev–Trinajstić information content (AvgIpc) is 2.54. The Morgan fingerprint density at radius 2 is 2.05 bits per heavy atom. The van der Waals surface area contributed by atoms with Crippen LogP contribution in [0.5, 0.6) is 0 Å². The van der Waals surface area contributed by atoms with E-state index in [9.17, 15) is 14.4 Å². The molecule has 1 fully saturated rings. The first kappa shape index (κ1) is 12.9. The molecular formula is C11H12N4O4. The molecule has 0 radical (unpaired) electrons. The Balaban J connectivity index is 2.41. The fourth-order valence-electron chi connectivity index (χ4n) is 2.03. The first-order valence-corrected chi connectivity index (χ1v) is 5.50. The number of aryl methyl sites for hydroxylation is 1. The van der Waals surface area contributed by atoms with Gasteiger partial charge >= 0.3 is 12.0 Å². The molecule has 0 spiro atoms. The Bertz CT molecular complexity index is 574. The molecule has 1 aliphatic rings. The van der Waals surface area contributed by atoms with Gasteiger partial charge in [-0.3, -0.25) is 24.5 Å². The molecule has 1 aromatic rings. The molecule has 2 heterocycles. The fraction of sp³-hybridized carbons (Fsp3) is 0.364. The van der Waals surface area contributed by atoms with Gasteiger partial charge in [0.05, 0.1) is 11.4 Å². The number of aromatic nitrogens is 2. The number of hydrogen-bond acceptors (Lipinski definition) is 5. The molecule has 2 N–H and O–H groups in total. The summed E-state index contributed by atoms with van der Waals surface area (Å²) in [4.78, 5) is 43.3. The zero-order chi connectivity index (χ0) is 14.2. The molecule has 100 valence electrons. The number of hydrogen-bond donors (Lipinski definition) is 2. The number of amides is 3. The van der Waals surface area contributed by atoms with Gasteiger partial charge in [-0.1, -0.05) is 0 Å². The molecule has 1 aromatic heterocycles. The molecular weight excluding hydrogens is 252 g/mol. The lowest BCUT2D eigenvalue weighted by atomic mass is 9.96. The van der Waals surface area contributed by atoms with Gasteiger partial charge in [0, 0.05) is 12.4 Å². The minimum Gasteiger partial charge on any atom is -0.480 e. The normalized spacial score (nSPS) is 22.5. The average molecular weight is 264 g/mol. The Morgan fingerprint density at radius 1 is 1.42 bits per heavy atom. The van der Waals surface area contributed by atoms with E-state index in [2.05, 4.69) is 15.3 Å². The molecule has 0 saturated carbocycles. The molecule has 0 aromatic carbocycles. The van der Waals surface area contributed by atoms with Gasteiger partial charge in [-0.15, -0.1) is 0 Å². The van der Waals surface area contributed by atoms with Crippen LogP contribution in [0.25, 0.3) is 0 Å². The molecule has 1 unspecified atom stereocenters. The summed E-state index contributed by atoms with van der Waals surface area (Å²) < 4.78 is 0. The maximum atomic E-state index is 12.2. The van der Waals surface area contributed by atoms with Crippen LogP contribution >= 0.6 is 0 Å². The molecule has 1 saturated heterocycles. The number of aliphatic carboxylic acids is 1. The molecule has 8 heteroatoms. The third-order valence-electron chi connectivity index (χ3n) is 2.92. The van der Waals surface area contributed by atoms with Crippen molar-refractivity contribution in [1.82, 2.24) is 20.2 Å². The van der Waals surface area contributed by atoms with Crippen LogP contribution in [-0.4, -0.2) is 44.4 Å². The lowest BCUT2D eigenvalue weighted by Gasteiger charge is -2.21. The molecule has 3 amide bonds. The maximum absolute atomic E-state index is 12.2. The summed E-state index contributed by atoms with van der Waals surface area (Å²) in [6.07, 6.45) is 2.88. The van der Waals surface area contributed by atoms with Gasteiger partial charge in [0.1, 0.15) is 6.54 Å². The molecule has 1 aliphatic heterocycles. The van der Waals surface area contributed by atoms with Crippen LogP contribution in [-0.2, 0) is 15.1 Å². The van der Waals surface area contributed by atoms with E-state index in [0.29, 0.717) is 16.3 Å². The van der Waals surface area contributed by atoms with Crippen molar-refractivity contribution in [2.75, 3.05) is 6.54 Å². The number of rotatable bonds is 3. The minimum atomic E-state index is -1.38. The largest absolute Gasteiger partial charge is 0.480 e. The zero-order valence-corrected chi connectivity index (χ0v) is 10.4.